The third-order valence-corrected chi connectivity index (χ3v) is 14.7. The number of amides is 1. The van der Waals surface area contributed by atoms with Crippen molar-refractivity contribution in [3.8, 4) is 5.75 Å². The number of hydrogen-bond acceptors (Lipinski definition) is 5. The van der Waals surface area contributed by atoms with Gasteiger partial charge in [0, 0.05) is 0 Å². The average Bonchev–Trinajstić information content (AvgIpc) is 2.94. The average molecular weight is 553 g/mol. The number of nitrogens with one attached hydrogen (secondary N) is 2. The number of phenolic OH excluding ortho intramolecular Hbond substituents is 1. The Balaban J connectivity index is 1.43. The standard InChI is InChI=1S/C20H29FIN3O4S/c21-17-9-16(10-18(26)20(17)25-13-19(27)24-30(25,28)29)8-15-2-1-5-22(12-15)11-14-3-6-23-7-4-14/h9-10,14-15,23,26H,1-8,11-13H2,(H,24,27). The Morgan fingerprint density at radius 3 is 2.63 bits per heavy atom. The van der Waals surface area contributed by atoms with Gasteiger partial charge in [-0.1, -0.05) is 0 Å². The van der Waals surface area contributed by atoms with E-state index in [1.54, 1.807) is 4.72 Å². The van der Waals surface area contributed by atoms with Crippen molar-refractivity contribution >= 4 is 41.6 Å². The van der Waals surface area contributed by atoms with Crippen LogP contribution in [-0.2, 0) is 21.4 Å². The van der Waals surface area contributed by atoms with E-state index in [1.165, 1.54) is 44.7 Å². The molecule has 1 aromatic rings. The molecule has 3 N–H and O–H groups in total. The van der Waals surface area contributed by atoms with Gasteiger partial charge in [0.25, 0.3) is 0 Å². The zero-order chi connectivity index (χ0) is 21.3. The number of rotatable bonds is 5. The van der Waals surface area contributed by atoms with Gasteiger partial charge in [0.1, 0.15) is 0 Å². The van der Waals surface area contributed by atoms with Crippen LogP contribution in [0.2, 0.25) is 0 Å². The monoisotopic (exact) mass is 553 g/mol. The first kappa shape index (κ1) is 22.1. The predicted octanol–water partition coefficient (Wildman–Crippen LogP) is 2.17. The number of halogens is 2. The van der Waals surface area contributed by atoms with Crippen molar-refractivity contribution in [2.24, 2.45) is 11.8 Å². The van der Waals surface area contributed by atoms with Gasteiger partial charge in [0.05, 0.1) is 0 Å². The number of benzene rings is 1. The molecule has 3 aliphatic heterocycles. The van der Waals surface area contributed by atoms with Crippen LogP contribution in [-0.4, -0.2) is 52.3 Å². The summed E-state index contributed by atoms with van der Waals surface area (Å²) in [6.07, 6.45) is 5.65. The van der Waals surface area contributed by atoms with E-state index in [1.807, 2.05) is 0 Å². The summed E-state index contributed by atoms with van der Waals surface area (Å²) in [4.78, 5) is 11.4. The number of anilines is 1. The van der Waals surface area contributed by atoms with Crippen LogP contribution in [0.15, 0.2) is 12.1 Å². The van der Waals surface area contributed by atoms with Gasteiger partial charge >= 0.3 is 185 Å². The number of carbonyl (C=O) groups is 1. The second kappa shape index (κ2) is 9.15. The summed E-state index contributed by atoms with van der Waals surface area (Å²) < 4.78 is 45.3. The van der Waals surface area contributed by atoms with E-state index in [2.05, 4.69) is 5.32 Å². The van der Waals surface area contributed by atoms with Crippen molar-refractivity contribution in [3.63, 3.8) is 0 Å². The van der Waals surface area contributed by atoms with Gasteiger partial charge in [0.2, 0.25) is 0 Å². The molecule has 4 rings (SSSR count). The molecule has 7 nitrogen and oxygen atoms in total. The number of nitrogens with zero attached hydrogens (tertiary/aromatic N) is 1. The van der Waals surface area contributed by atoms with Crippen LogP contribution in [0.25, 0.3) is 0 Å². The number of aromatic hydroxyl groups is 1. The van der Waals surface area contributed by atoms with Crippen LogP contribution in [0.3, 0.4) is 0 Å². The van der Waals surface area contributed by atoms with Crippen LogP contribution in [0.5, 0.6) is 5.75 Å². The van der Waals surface area contributed by atoms with Gasteiger partial charge in [-0.2, -0.15) is 0 Å². The summed E-state index contributed by atoms with van der Waals surface area (Å²) >= 11 is -0.985. The van der Waals surface area contributed by atoms with E-state index in [0.29, 0.717) is 22.2 Å². The molecular weight excluding hydrogens is 524 g/mol. The second-order valence-electron chi connectivity index (χ2n) is 8.45. The van der Waals surface area contributed by atoms with Crippen LogP contribution in [0.1, 0.15) is 31.2 Å². The molecule has 1 unspecified atom stereocenters. The van der Waals surface area contributed by atoms with E-state index < -0.39 is 59.7 Å². The molecule has 168 valence electrons. The van der Waals surface area contributed by atoms with E-state index in [9.17, 15) is 22.7 Å². The number of carbonyl (C=O) groups excluding carboxylic acids is 1. The summed E-state index contributed by atoms with van der Waals surface area (Å²) in [5.74, 6) is -0.619. The summed E-state index contributed by atoms with van der Waals surface area (Å²) in [5, 5.41) is 13.8. The maximum absolute atomic E-state index is 14.8. The third kappa shape index (κ3) is 5.01. The zero-order valence-electron chi connectivity index (χ0n) is 16.9. The SMILES string of the molecule is O=C1CN(c2c(O)cc(CC3CCCI(CC4CCNCC4)C3)cc2F)S(=O)(=O)N1. The Morgan fingerprint density at radius 1 is 1.20 bits per heavy atom. The van der Waals surface area contributed by atoms with Gasteiger partial charge in [-0.25, -0.2) is 0 Å². The van der Waals surface area contributed by atoms with Gasteiger partial charge in [-0.15, -0.1) is 0 Å². The van der Waals surface area contributed by atoms with E-state index >= 15 is 0 Å². The molecular formula is C20H29FIN3O4S. The first-order valence-electron chi connectivity index (χ1n) is 10.4. The van der Waals surface area contributed by atoms with Gasteiger partial charge in [0.15, 0.2) is 0 Å². The number of alkyl halides is 3. The fourth-order valence-corrected chi connectivity index (χ4v) is 13.7. The predicted molar refractivity (Wildman–Crippen MR) is 123 cm³/mol. The van der Waals surface area contributed by atoms with Crippen molar-refractivity contribution in [1.29, 1.82) is 0 Å². The third-order valence-electron chi connectivity index (χ3n) is 6.04. The van der Waals surface area contributed by atoms with E-state index in [4.69, 9.17) is 0 Å². The molecule has 3 aliphatic rings. The number of hydrogen-bond donors (Lipinski definition) is 3. The van der Waals surface area contributed by atoms with Crippen LogP contribution in [0.4, 0.5) is 10.1 Å². The normalized spacial score (nSPS) is 26.0. The van der Waals surface area contributed by atoms with Crippen molar-refractivity contribution in [1.82, 2.24) is 10.0 Å². The van der Waals surface area contributed by atoms with Crippen LogP contribution >= 0.6 is 19.8 Å². The van der Waals surface area contributed by atoms with Crippen molar-refractivity contribution in [2.45, 2.75) is 32.1 Å². The molecule has 10 heteroatoms. The number of piperidine rings is 1. The molecule has 3 saturated heterocycles. The molecule has 30 heavy (non-hydrogen) atoms. The fraction of sp³-hybridized carbons (Fsp3) is 0.650. The molecule has 0 radical (unpaired) electrons. The van der Waals surface area contributed by atoms with Gasteiger partial charge in [-0.05, 0) is 0 Å². The molecule has 0 aromatic heterocycles. The zero-order valence-corrected chi connectivity index (χ0v) is 19.8. The molecule has 3 fully saturated rings. The second-order valence-corrected chi connectivity index (χ2v) is 16.1. The maximum atomic E-state index is 14.8. The summed E-state index contributed by atoms with van der Waals surface area (Å²) in [5.41, 5.74) is 0.231. The topological polar surface area (TPSA) is 98.7 Å². The number of phenols is 1. The summed E-state index contributed by atoms with van der Waals surface area (Å²) in [7, 11) is -4.16. The summed E-state index contributed by atoms with van der Waals surface area (Å²) in [6, 6.07) is 2.77. The Labute approximate surface area is 184 Å². The Bertz CT molecular complexity index is 884. The summed E-state index contributed by atoms with van der Waals surface area (Å²) in [6.45, 7) is 1.74. The Hall–Kier alpha value is -1.14. The van der Waals surface area contributed by atoms with Crippen LogP contribution in [0, 0.1) is 17.7 Å². The molecule has 3 heterocycles. The molecule has 1 amide bonds. The van der Waals surface area contributed by atoms with Gasteiger partial charge in [-0.3, -0.25) is 0 Å². The van der Waals surface area contributed by atoms with Crippen LogP contribution < -0.4 is 14.3 Å². The Kier molecular flexibility index (Phi) is 6.73. The Morgan fingerprint density at radius 2 is 1.97 bits per heavy atom. The van der Waals surface area contributed by atoms with Crippen molar-refractivity contribution < 1.29 is 22.7 Å². The molecule has 1 atom stereocenters. The molecule has 1 aromatic carbocycles. The van der Waals surface area contributed by atoms with Gasteiger partial charge < -0.3 is 0 Å². The van der Waals surface area contributed by atoms with Crippen molar-refractivity contribution in [2.75, 3.05) is 37.2 Å². The minimum absolute atomic E-state index is 0.439. The first-order valence-corrected chi connectivity index (χ1v) is 16.5. The quantitative estimate of drug-likeness (QED) is 0.384. The molecule has 0 spiro atoms. The van der Waals surface area contributed by atoms with E-state index in [0.717, 1.165) is 25.4 Å². The minimum atomic E-state index is -4.16. The fourth-order valence-electron chi connectivity index (χ4n) is 4.64. The van der Waals surface area contributed by atoms with E-state index in [-0.39, 0.29) is 0 Å². The molecule has 0 aliphatic carbocycles. The molecule has 0 saturated carbocycles. The molecule has 0 bridgehead atoms. The first-order chi connectivity index (χ1) is 14.3. The van der Waals surface area contributed by atoms with Crippen molar-refractivity contribution in [3.05, 3.63) is 23.5 Å².